The van der Waals surface area contributed by atoms with Crippen LogP contribution in [-0.4, -0.2) is 57.9 Å². The van der Waals surface area contributed by atoms with Crippen molar-refractivity contribution in [3.8, 4) is 6.07 Å². The number of quaternary nitrogens is 1. The third kappa shape index (κ3) is 5.54. The first-order valence-electron chi connectivity index (χ1n) is 10.9. The van der Waals surface area contributed by atoms with Crippen LogP contribution >= 0.6 is 0 Å². The number of benzene rings is 2. The number of piperazine rings is 1. The zero-order valence-corrected chi connectivity index (χ0v) is 19.8. The Morgan fingerprint density at radius 2 is 1.69 bits per heavy atom. The van der Waals surface area contributed by atoms with Crippen molar-refractivity contribution >= 4 is 21.6 Å². The van der Waals surface area contributed by atoms with Crippen LogP contribution in [0.1, 0.15) is 23.1 Å². The van der Waals surface area contributed by atoms with Gasteiger partial charge in [-0.2, -0.15) is 9.57 Å². The fourth-order valence-electron chi connectivity index (χ4n) is 3.94. The van der Waals surface area contributed by atoms with Crippen molar-refractivity contribution in [3.63, 3.8) is 0 Å². The van der Waals surface area contributed by atoms with E-state index in [-0.39, 0.29) is 18.9 Å². The Morgan fingerprint density at radius 1 is 1.06 bits per heavy atom. The number of nitrogens with zero attached hydrogens (tertiary/aromatic N) is 3. The normalized spacial score (nSPS) is 15.3. The summed E-state index contributed by atoms with van der Waals surface area (Å²) >= 11 is 0. The minimum Gasteiger partial charge on any atom is -0.325 e. The zero-order valence-electron chi connectivity index (χ0n) is 19.0. The van der Waals surface area contributed by atoms with Gasteiger partial charge in [-0.05, 0) is 50.1 Å². The summed E-state index contributed by atoms with van der Waals surface area (Å²) in [4.78, 5) is 16.1. The fourth-order valence-corrected chi connectivity index (χ4v) is 5.69. The number of sulfonamides is 1. The standard InChI is InChI=1S/C24H30N4O3S/c1-19-6-9-22(10-7-19)28(12-4-11-25)24(29)18-26-13-15-27(16-14-26)32(30,31)23-17-20(2)5-8-21(23)3/h5-10,17H,4,12-16,18H2,1-3H3/p+1. The summed E-state index contributed by atoms with van der Waals surface area (Å²) in [6.45, 7) is 8.19. The van der Waals surface area contributed by atoms with Crippen LogP contribution in [0.15, 0.2) is 47.4 Å². The van der Waals surface area contributed by atoms with Crippen LogP contribution in [0.25, 0.3) is 0 Å². The Hall–Kier alpha value is -2.73. The molecule has 1 amide bonds. The number of rotatable bonds is 7. The van der Waals surface area contributed by atoms with Crippen LogP contribution in [0.4, 0.5) is 5.69 Å². The molecule has 170 valence electrons. The first-order chi connectivity index (χ1) is 15.2. The van der Waals surface area contributed by atoms with Crippen LogP contribution in [0, 0.1) is 32.1 Å². The molecule has 3 rings (SSSR count). The second-order valence-corrected chi connectivity index (χ2v) is 10.3. The molecule has 0 atom stereocenters. The average Bonchev–Trinajstić information content (AvgIpc) is 2.77. The SMILES string of the molecule is Cc1ccc(N(CCC#N)C(=O)C[NH+]2CCN(S(=O)(=O)c3cc(C)ccc3C)CC2)cc1. The summed E-state index contributed by atoms with van der Waals surface area (Å²) in [5.41, 5.74) is 3.55. The largest absolute Gasteiger partial charge is 0.325 e. The maximum atomic E-state index is 13.1. The number of anilines is 1. The molecular formula is C24H31N4O3S+. The highest BCUT2D eigenvalue weighted by molar-refractivity contribution is 7.89. The predicted octanol–water partition coefficient (Wildman–Crippen LogP) is 1.45. The van der Waals surface area contributed by atoms with Gasteiger partial charge in [0.1, 0.15) is 0 Å². The number of carbonyl (C=O) groups is 1. The van der Waals surface area contributed by atoms with Gasteiger partial charge in [-0.15, -0.1) is 0 Å². The molecule has 0 aliphatic carbocycles. The second kappa shape index (κ2) is 10.3. The molecule has 2 aromatic rings. The molecule has 8 heteroatoms. The van der Waals surface area contributed by atoms with Crippen molar-refractivity contribution in [3.05, 3.63) is 59.2 Å². The first-order valence-corrected chi connectivity index (χ1v) is 12.3. The predicted molar refractivity (Wildman–Crippen MR) is 124 cm³/mol. The molecule has 1 heterocycles. The molecule has 32 heavy (non-hydrogen) atoms. The molecule has 1 saturated heterocycles. The second-order valence-electron chi connectivity index (χ2n) is 8.39. The van der Waals surface area contributed by atoms with Crippen molar-refractivity contribution in [1.82, 2.24) is 4.31 Å². The Balaban J connectivity index is 1.65. The average molecular weight is 456 g/mol. The summed E-state index contributed by atoms with van der Waals surface area (Å²) in [5, 5.41) is 8.99. The number of hydrogen-bond acceptors (Lipinski definition) is 4. The Labute approximate surface area is 190 Å². The van der Waals surface area contributed by atoms with Gasteiger partial charge in [0.2, 0.25) is 10.0 Å². The molecule has 1 N–H and O–H groups in total. The molecule has 0 spiro atoms. The molecule has 0 unspecified atom stereocenters. The van der Waals surface area contributed by atoms with Crippen molar-refractivity contribution in [2.75, 3.05) is 44.2 Å². The molecular weight excluding hydrogens is 424 g/mol. The van der Waals surface area contributed by atoms with Gasteiger partial charge in [-0.1, -0.05) is 29.8 Å². The lowest BCUT2D eigenvalue weighted by Gasteiger charge is -2.32. The quantitative estimate of drug-likeness (QED) is 0.685. The van der Waals surface area contributed by atoms with Crippen LogP contribution in [0.3, 0.4) is 0 Å². The van der Waals surface area contributed by atoms with Crippen LogP contribution < -0.4 is 9.80 Å². The van der Waals surface area contributed by atoms with E-state index < -0.39 is 10.0 Å². The molecule has 0 bridgehead atoms. The summed E-state index contributed by atoms with van der Waals surface area (Å²) in [7, 11) is -3.55. The Morgan fingerprint density at radius 3 is 2.31 bits per heavy atom. The Bertz CT molecular complexity index is 1100. The van der Waals surface area contributed by atoms with E-state index in [1.165, 1.54) is 4.31 Å². The van der Waals surface area contributed by atoms with Crippen molar-refractivity contribution in [2.45, 2.75) is 32.1 Å². The van der Waals surface area contributed by atoms with Crippen molar-refractivity contribution in [1.29, 1.82) is 5.26 Å². The highest BCUT2D eigenvalue weighted by Crippen LogP contribution is 2.21. The zero-order chi connectivity index (χ0) is 23.3. The lowest BCUT2D eigenvalue weighted by atomic mass is 10.2. The molecule has 1 aliphatic rings. The van der Waals surface area contributed by atoms with Gasteiger partial charge in [-0.25, -0.2) is 8.42 Å². The Kier molecular flexibility index (Phi) is 7.67. The van der Waals surface area contributed by atoms with E-state index in [0.29, 0.717) is 37.6 Å². The van der Waals surface area contributed by atoms with Crippen molar-refractivity contribution in [2.24, 2.45) is 0 Å². The number of carbonyl (C=O) groups excluding carboxylic acids is 1. The molecule has 0 aromatic heterocycles. The summed E-state index contributed by atoms with van der Waals surface area (Å²) < 4.78 is 27.8. The van der Waals surface area contributed by atoms with E-state index in [1.807, 2.05) is 57.2 Å². The van der Waals surface area contributed by atoms with Crippen LogP contribution in [0.2, 0.25) is 0 Å². The highest BCUT2D eigenvalue weighted by Gasteiger charge is 2.32. The van der Waals surface area contributed by atoms with E-state index >= 15 is 0 Å². The van der Waals surface area contributed by atoms with Crippen LogP contribution in [-0.2, 0) is 14.8 Å². The number of amides is 1. The third-order valence-electron chi connectivity index (χ3n) is 5.89. The highest BCUT2D eigenvalue weighted by atomic mass is 32.2. The maximum absolute atomic E-state index is 13.1. The molecule has 1 fully saturated rings. The summed E-state index contributed by atoms with van der Waals surface area (Å²) in [5.74, 6) is -0.0510. The third-order valence-corrected chi connectivity index (χ3v) is 7.93. The van der Waals surface area contributed by atoms with E-state index in [2.05, 4.69) is 6.07 Å². The number of aryl methyl sites for hydroxylation is 3. The van der Waals surface area contributed by atoms with Crippen LogP contribution in [0.5, 0.6) is 0 Å². The summed E-state index contributed by atoms with van der Waals surface area (Å²) in [6.07, 6.45) is 0.261. The van der Waals surface area contributed by atoms with Gasteiger partial charge in [-0.3, -0.25) is 4.79 Å². The molecule has 7 nitrogen and oxygen atoms in total. The van der Waals surface area contributed by atoms with E-state index in [1.54, 1.807) is 11.0 Å². The molecule has 2 aromatic carbocycles. The molecule has 0 saturated carbocycles. The minimum atomic E-state index is -3.55. The number of hydrogen-bond donors (Lipinski definition) is 1. The van der Waals surface area contributed by atoms with E-state index in [0.717, 1.165) is 27.3 Å². The lowest BCUT2D eigenvalue weighted by molar-refractivity contribution is -0.895. The van der Waals surface area contributed by atoms with Gasteiger partial charge < -0.3 is 9.80 Å². The van der Waals surface area contributed by atoms with E-state index in [4.69, 9.17) is 5.26 Å². The van der Waals surface area contributed by atoms with Gasteiger partial charge in [0, 0.05) is 12.2 Å². The monoisotopic (exact) mass is 455 g/mol. The fraction of sp³-hybridized carbons (Fsp3) is 0.417. The topological polar surface area (TPSA) is 85.9 Å². The lowest BCUT2D eigenvalue weighted by Crippen LogP contribution is -3.15. The molecule has 0 radical (unpaired) electrons. The van der Waals surface area contributed by atoms with Gasteiger partial charge in [0.05, 0.1) is 43.6 Å². The smallest absolute Gasteiger partial charge is 0.282 e. The van der Waals surface area contributed by atoms with Crippen molar-refractivity contribution < 1.29 is 18.1 Å². The first kappa shape index (κ1) is 23.9. The number of nitriles is 1. The number of nitrogens with one attached hydrogen (secondary N) is 1. The van der Waals surface area contributed by atoms with Gasteiger partial charge in [0.15, 0.2) is 6.54 Å². The summed E-state index contributed by atoms with van der Waals surface area (Å²) in [6, 6.07) is 15.3. The maximum Gasteiger partial charge on any atom is 0.282 e. The minimum absolute atomic E-state index is 0.0510. The molecule has 1 aliphatic heterocycles. The van der Waals surface area contributed by atoms with Gasteiger partial charge in [0.25, 0.3) is 5.91 Å². The van der Waals surface area contributed by atoms with Gasteiger partial charge >= 0.3 is 0 Å². The van der Waals surface area contributed by atoms with E-state index in [9.17, 15) is 13.2 Å².